The highest BCUT2D eigenvalue weighted by Crippen LogP contribution is 2.23. The molecular weight excluding hydrogens is 464 g/mol. The highest BCUT2D eigenvalue weighted by Gasteiger charge is 2.20. The third kappa shape index (κ3) is 5.94. The van der Waals surface area contributed by atoms with Gasteiger partial charge < -0.3 is 9.30 Å². The minimum Gasteiger partial charge on any atom is -0.497 e. The van der Waals surface area contributed by atoms with Crippen molar-refractivity contribution >= 4 is 39.4 Å². The van der Waals surface area contributed by atoms with E-state index in [0.29, 0.717) is 16.5 Å². The Morgan fingerprint density at radius 2 is 1.88 bits per heavy atom. The number of rotatable bonds is 8. The summed E-state index contributed by atoms with van der Waals surface area (Å²) in [5.41, 5.74) is 6.38. The molecule has 0 atom stereocenters. The average molecular weight is 489 g/mol. The summed E-state index contributed by atoms with van der Waals surface area (Å²) in [4.78, 5) is 12.4. The van der Waals surface area contributed by atoms with Crippen LogP contribution in [0, 0.1) is 13.8 Å². The average Bonchev–Trinajstić information content (AvgIpc) is 3.04. The first-order valence-corrected chi connectivity index (χ1v) is 12.2. The van der Waals surface area contributed by atoms with Gasteiger partial charge in [-0.2, -0.15) is 5.10 Å². The molecule has 0 aliphatic rings. The lowest BCUT2D eigenvalue weighted by molar-refractivity contribution is -0.119. The zero-order valence-corrected chi connectivity index (χ0v) is 20.3. The summed E-state index contributed by atoms with van der Waals surface area (Å²) in [6.45, 7) is 3.48. The Morgan fingerprint density at radius 3 is 2.48 bits per heavy atom. The monoisotopic (exact) mass is 488 g/mol. The number of nitrogens with zero attached hydrogens (tertiary/aromatic N) is 3. The normalized spacial score (nSPS) is 11.5. The summed E-state index contributed by atoms with van der Waals surface area (Å²) in [5, 5.41) is 4.65. The van der Waals surface area contributed by atoms with Crippen molar-refractivity contribution in [1.29, 1.82) is 0 Å². The van der Waals surface area contributed by atoms with Crippen LogP contribution in [0.25, 0.3) is 5.69 Å². The van der Waals surface area contributed by atoms with Crippen molar-refractivity contribution in [3.8, 4) is 11.4 Å². The quantitative estimate of drug-likeness (QED) is 0.386. The summed E-state index contributed by atoms with van der Waals surface area (Å²) in [6, 6.07) is 15.8. The molecule has 10 heteroatoms. The molecule has 8 nitrogen and oxygen atoms in total. The zero-order chi connectivity index (χ0) is 24.2. The number of carbonyl (C=O) groups excluding carboxylic acids is 1. The molecule has 33 heavy (non-hydrogen) atoms. The smallest absolute Gasteiger partial charge is 0.260 e. The molecule has 2 aromatic carbocycles. The predicted octanol–water partition coefficient (Wildman–Crippen LogP) is 3.67. The van der Waals surface area contributed by atoms with Gasteiger partial charge in [-0.3, -0.25) is 9.10 Å². The molecule has 0 bridgehead atoms. The molecule has 0 aliphatic heterocycles. The van der Waals surface area contributed by atoms with E-state index in [-0.39, 0.29) is 0 Å². The van der Waals surface area contributed by atoms with Crippen LogP contribution in [0.1, 0.15) is 17.0 Å². The second-order valence-electron chi connectivity index (χ2n) is 7.40. The number of amides is 1. The Bertz CT molecular complexity index is 1280. The molecule has 0 aliphatic carbocycles. The summed E-state index contributed by atoms with van der Waals surface area (Å²) in [7, 11) is -2.17. The number of hydrogen-bond acceptors (Lipinski definition) is 5. The fourth-order valence-corrected chi connectivity index (χ4v) is 4.46. The Balaban J connectivity index is 1.73. The Labute approximate surface area is 198 Å². The number of carbonyl (C=O) groups is 1. The third-order valence-electron chi connectivity index (χ3n) is 4.98. The second kappa shape index (κ2) is 10.1. The van der Waals surface area contributed by atoms with Crippen LogP contribution in [0.5, 0.6) is 5.75 Å². The van der Waals surface area contributed by atoms with Crippen LogP contribution in [0.2, 0.25) is 5.02 Å². The second-order valence-corrected chi connectivity index (χ2v) is 9.75. The molecule has 3 rings (SSSR count). The lowest BCUT2D eigenvalue weighted by atomic mass is 10.2. The molecule has 1 heterocycles. The predicted molar refractivity (Wildman–Crippen MR) is 131 cm³/mol. The molecule has 1 aromatic heterocycles. The van der Waals surface area contributed by atoms with Gasteiger partial charge in [0.05, 0.1) is 25.3 Å². The molecule has 174 valence electrons. The van der Waals surface area contributed by atoms with E-state index >= 15 is 0 Å². The van der Waals surface area contributed by atoms with Gasteiger partial charge in [-0.25, -0.2) is 13.8 Å². The number of benzene rings is 2. The van der Waals surface area contributed by atoms with E-state index in [4.69, 9.17) is 16.3 Å². The molecule has 0 spiro atoms. The van der Waals surface area contributed by atoms with Crippen LogP contribution in [-0.4, -0.2) is 45.0 Å². The Morgan fingerprint density at radius 1 is 1.18 bits per heavy atom. The highest BCUT2D eigenvalue weighted by molar-refractivity contribution is 7.92. The summed E-state index contributed by atoms with van der Waals surface area (Å²) >= 11 is 6.12. The molecule has 0 fully saturated rings. The van der Waals surface area contributed by atoms with Crippen LogP contribution in [0.3, 0.4) is 0 Å². The Kier molecular flexibility index (Phi) is 7.45. The first kappa shape index (κ1) is 24.3. The number of hydrazone groups is 1. The fraction of sp³-hybridized carbons (Fsp3) is 0.217. The van der Waals surface area contributed by atoms with Crippen molar-refractivity contribution in [3.05, 3.63) is 76.6 Å². The van der Waals surface area contributed by atoms with Gasteiger partial charge in [0.1, 0.15) is 12.3 Å². The number of methoxy groups -OCH3 is 1. The number of halogens is 1. The molecule has 1 amide bonds. The number of aryl methyl sites for hydroxylation is 1. The van der Waals surface area contributed by atoms with Gasteiger partial charge >= 0.3 is 0 Å². The van der Waals surface area contributed by atoms with Crippen molar-refractivity contribution in [3.63, 3.8) is 0 Å². The van der Waals surface area contributed by atoms with Crippen molar-refractivity contribution in [2.45, 2.75) is 13.8 Å². The van der Waals surface area contributed by atoms with Crippen LogP contribution >= 0.6 is 11.6 Å². The molecule has 0 radical (unpaired) electrons. The van der Waals surface area contributed by atoms with E-state index in [0.717, 1.165) is 33.2 Å². The number of nitrogens with one attached hydrogen (secondary N) is 1. The largest absolute Gasteiger partial charge is 0.497 e. The van der Waals surface area contributed by atoms with Gasteiger partial charge in [0, 0.05) is 27.7 Å². The van der Waals surface area contributed by atoms with Crippen LogP contribution in [0.4, 0.5) is 5.69 Å². The van der Waals surface area contributed by atoms with Crippen LogP contribution in [-0.2, 0) is 14.8 Å². The molecule has 3 aromatic rings. The maximum absolute atomic E-state index is 12.4. The summed E-state index contributed by atoms with van der Waals surface area (Å²) < 4.78 is 32.6. The number of aromatic nitrogens is 1. The van der Waals surface area contributed by atoms with Crippen LogP contribution < -0.4 is 14.5 Å². The topological polar surface area (TPSA) is 93.0 Å². The minimum atomic E-state index is -3.69. The standard InChI is InChI=1S/C23H25ClN4O4S/c1-16-12-18(17(2)28(16)21-7-5-6-19(24)13-21)14-25-26-23(29)15-27(33(4,30)31)20-8-10-22(32-3)11-9-20/h5-14H,15H2,1-4H3,(H,26,29)/b25-14+. The number of sulfonamides is 1. The number of anilines is 1. The van der Waals surface area contributed by atoms with Crippen LogP contribution in [0.15, 0.2) is 59.7 Å². The van der Waals surface area contributed by atoms with E-state index in [2.05, 4.69) is 10.5 Å². The Hall–Kier alpha value is -3.30. The SMILES string of the molecule is COc1ccc(N(CC(=O)N/N=C/c2cc(C)n(-c3cccc(Cl)c3)c2C)S(C)(=O)=O)cc1. The van der Waals surface area contributed by atoms with Crippen molar-refractivity contribution in [2.75, 3.05) is 24.2 Å². The highest BCUT2D eigenvalue weighted by atomic mass is 35.5. The van der Waals surface area contributed by atoms with Crippen molar-refractivity contribution < 1.29 is 17.9 Å². The van der Waals surface area contributed by atoms with Crippen molar-refractivity contribution in [1.82, 2.24) is 9.99 Å². The van der Waals surface area contributed by atoms with E-state index < -0.39 is 22.5 Å². The lowest BCUT2D eigenvalue weighted by Crippen LogP contribution is -2.39. The van der Waals surface area contributed by atoms with E-state index in [1.807, 2.05) is 48.7 Å². The number of ether oxygens (including phenoxy) is 1. The fourth-order valence-electron chi connectivity index (χ4n) is 3.42. The first-order valence-electron chi connectivity index (χ1n) is 9.98. The maximum atomic E-state index is 12.4. The molecule has 1 N–H and O–H groups in total. The van der Waals surface area contributed by atoms with Gasteiger partial charge in [0.2, 0.25) is 10.0 Å². The number of hydrogen-bond donors (Lipinski definition) is 1. The first-order chi connectivity index (χ1) is 15.6. The molecule has 0 saturated carbocycles. The van der Waals surface area contributed by atoms with E-state index in [1.54, 1.807) is 24.3 Å². The van der Waals surface area contributed by atoms with E-state index in [9.17, 15) is 13.2 Å². The summed E-state index contributed by atoms with van der Waals surface area (Å²) in [6.07, 6.45) is 2.57. The van der Waals surface area contributed by atoms with Gasteiger partial charge in [-0.05, 0) is 62.4 Å². The van der Waals surface area contributed by atoms with Gasteiger partial charge in [0.15, 0.2) is 0 Å². The maximum Gasteiger partial charge on any atom is 0.260 e. The van der Waals surface area contributed by atoms with Crippen molar-refractivity contribution in [2.24, 2.45) is 5.10 Å². The van der Waals surface area contributed by atoms with E-state index in [1.165, 1.54) is 13.3 Å². The van der Waals surface area contributed by atoms with Gasteiger partial charge in [-0.1, -0.05) is 17.7 Å². The third-order valence-corrected chi connectivity index (χ3v) is 6.35. The summed E-state index contributed by atoms with van der Waals surface area (Å²) in [5.74, 6) is 0.00719. The molecule has 0 saturated heterocycles. The molecule has 0 unspecified atom stereocenters. The zero-order valence-electron chi connectivity index (χ0n) is 18.7. The van der Waals surface area contributed by atoms with Gasteiger partial charge in [0.25, 0.3) is 5.91 Å². The van der Waals surface area contributed by atoms with Gasteiger partial charge in [-0.15, -0.1) is 0 Å². The lowest BCUT2D eigenvalue weighted by Gasteiger charge is -2.21. The molecular formula is C23H25ClN4O4S. The minimum absolute atomic E-state index is 0.350.